The van der Waals surface area contributed by atoms with Crippen LogP contribution in [0, 0.1) is 5.92 Å². The Hall–Kier alpha value is -2.41. The molecule has 1 fully saturated rings. The molecule has 1 aliphatic rings. The van der Waals surface area contributed by atoms with Crippen molar-refractivity contribution in [2.24, 2.45) is 18.0 Å². The maximum Gasteiger partial charge on any atom is 0.254 e. The van der Waals surface area contributed by atoms with Crippen molar-refractivity contribution in [1.82, 2.24) is 9.47 Å². The largest absolute Gasteiger partial charge is 0.497 e. The number of rotatable bonds is 6. The van der Waals surface area contributed by atoms with Gasteiger partial charge in [0, 0.05) is 31.6 Å². The van der Waals surface area contributed by atoms with Gasteiger partial charge in [-0.2, -0.15) is 4.99 Å². The fraction of sp³-hybridized carbons (Fsp3) is 0.450. The quantitative estimate of drug-likeness (QED) is 0.766. The summed E-state index contributed by atoms with van der Waals surface area (Å²) in [6, 6.07) is 7.33. The maximum absolute atomic E-state index is 13.0. The molecule has 0 radical (unpaired) electrons. The first-order chi connectivity index (χ1) is 13.0. The van der Waals surface area contributed by atoms with E-state index in [-0.39, 0.29) is 24.3 Å². The van der Waals surface area contributed by atoms with Crippen molar-refractivity contribution in [1.29, 1.82) is 0 Å². The standard InChI is InChI=1S/C20H25N3O3S/c1-4-5-10-23-17(24)13-16(19(25)21-20-22(2)11-12-27-20)18(23)14-6-8-15(26-3)9-7-14/h6-9,11-12,16,18H,4-5,10,13H2,1-3H3/t16-,18-/m1/s1. The number of carbonyl (C=O) groups is 2. The number of carbonyl (C=O) groups excluding carboxylic acids is 2. The second-order valence-electron chi connectivity index (χ2n) is 6.72. The minimum Gasteiger partial charge on any atom is -0.497 e. The van der Waals surface area contributed by atoms with Gasteiger partial charge in [-0.15, -0.1) is 11.3 Å². The molecule has 0 N–H and O–H groups in total. The minimum atomic E-state index is -0.468. The highest BCUT2D eigenvalue weighted by molar-refractivity contribution is 7.07. The van der Waals surface area contributed by atoms with Crippen molar-refractivity contribution in [2.45, 2.75) is 32.2 Å². The summed E-state index contributed by atoms with van der Waals surface area (Å²) in [5.74, 6) is 0.0702. The van der Waals surface area contributed by atoms with Crippen LogP contribution >= 0.6 is 11.3 Å². The summed E-state index contributed by atoms with van der Waals surface area (Å²) >= 11 is 1.41. The van der Waals surface area contributed by atoms with Crippen LogP contribution < -0.4 is 9.54 Å². The van der Waals surface area contributed by atoms with Crippen LogP contribution in [0.2, 0.25) is 0 Å². The number of likely N-dealkylation sites (tertiary alicyclic amines) is 1. The minimum absolute atomic E-state index is 0.0216. The first-order valence-corrected chi connectivity index (χ1v) is 10.0. The molecule has 6 nitrogen and oxygen atoms in total. The molecule has 0 saturated carbocycles. The number of unbranched alkanes of at least 4 members (excludes halogenated alkanes) is 1. The van der Waals surface area contributed by atoms with E-state index in [1.54, 1.807) is 7.11 Å². The Morgan fingerprint density at radius 3 is 2.67 bits per heavy atom. The SMILES string of the molecule is CCCCN1C(=O)C[C@@H](C(=O)N=c2sccn2C)[C@H]1c1ccc(OC)cc1. The Bertz CT molecular complexity index is 869. The first-order valence-electron chi connectivity index (χ1n) is 9.17. The predicted molar refractivity (Wildman–Crippen MR) is 104 cm³/mol. The molecule has 0 unspecified atom stereocenters. The smallest absolute Gasteiger partial charge is 0.254 e. The lowest BCUT2D eigenvalue weighted by Crippen LogP contribution is -2.31. The van der Waals surface area contributed by atoms with Crippen LogP contribution in [0.5, 0.6) is 5.75 Å². The summed E-state index contributed by atoms with van der Waals surface area (Å²) in [4.78, 5) is 32.4. The molecule has 2 heterocycles. The zero-order chi connectivity index (χ0) is 19.4. The molecule has 2 atom stereocenters. The summed E-state index contributed by atoms with van der Waals surface area (Å²) in [6.07, 6.45) is 3.98. The van der Waals surface area contributed by atoms with Crippen LogP contribution in [0.15, 0.2) is 40.8 Å². The van der Waals surface area contributed by atoms with Crippen LogP contribution in [0.3, 0.4) is 0 Å². The third-order valence-electron chi connectivity index (χ3n) is 4.92. The van der Waals surface area contributed by atoms with Crippen molar-refractivity contribution in [3.63, 3.8) is 0 Å². The lowest BCUT2D eigenvalue weighted by atomic mass is 9.93. The Labute approximate surface area is 163 Å². The van der Waals surface area contributed by atoms with Crippen molar-refractivity contribution >= 4 is 23.2 Å². The highest BCUT2D eigenvalue weighted by Gasteiger charge is 2.44. The number of hydrogen-bond acceptors (Lipinski definition) is 4. The fourth-order valence-corrected chi connectivity index (χ4v) is 4.16. The summed E-state index contributed by atoms with van der Waals surface area (Å²) in [5.41, 5.74) is 0.946. The van der Waals surface area contributed by atoms with E-state index in [9.17, 15) is 9.59 Å². The van der Waals surface area contributed by atoms with Crippen molar-refractivity contribution in [3.05, 3.63) is 46.2 Å². The highest BCUT2D eigenvalue weighted by atomic mass is 32.1. The number of nitrogens with zero attached hydrogens (tertiary/aromatic N) is 3. The second-order valence-corrected chi connectivity index (χ2v) is 7.59. The van der Waals surface area contributed by atoms with E-state index in [2.05, 4.69) is 11.9 Å². The maximum atomic E-state index is 13.0. The van der Waals surface area contributed by atoms with E-state index in [4.69, 9.17) is 4.74 Å². The number of thiazole rings is 1. The van der Waals surface area contributed by atoms with Gasteiger partial charge in [-0.25, -0.2) is 0 Å². The second kappa shape index (κ2) is 8.52. The average Bonchev–Trinajstić information content (AvgIpc) is 3.23. The predicted octanol–water partition coefficient (Wildman–Crippen LogP) is 2.91. The molecule has 144 valence electrons. The van der Waals surface area contributed by atoms with Crippen molar-refractivity contribution in [3.8, 4) is 5.75 Å². The zero-order valence-corrected chi connectivity index (χ0v) is 16.7. The van der Waals surface area contributed by atoms with Crippen molar-refractivity contribution in [2.75, 3.05) is 13.7 Å². The number of methoxy groups -OCH3 is 1. The Balaban J connectivity index is 1.96. The van der Waals surface area contributed by atoms with Gasteiger partial charge in [-0.3, -0.25) is 9.59 Å². The summed E-state index contributed by atoms with van der Waals surface area (Å²) in [5, 5.41) is 1.89. The van der Waals surface area contributed by atoms with Gasteiger partial charge in [0.15, 0.2) is 4.80 Å². The lowest BCUT2D eigenvalue weighted by Gasteiger charge is -2.27. The molecule has 3 rings (SSSR count). The molecule has 27 heavy (non-hydrogen) atoms. The first kappa shape index (κ1) is 19.4. The van der Waals surface area contributed by atoms with Crippen LogP contribution in [-0.2, 0) is 16.6 Å². The molecule has 1 aromatic carbocycles. The van der Waals surface area contributed by atoms with Gasteiger partial charge in [0.1, 0.15) is 5.75 Å². The monoisotopic (exact) mass is 387 g/mol. The number of aromatic nitrogens is 1. The van der Waals surface area contributed by atoms with Gasteiger partial charge < -0.3 is 14.2 Å². The van der Waals surface area contributed by atoms with E-state index in [1.165, 1.54) is 11.3 Å². The van der Waals surface area contributed by atoms with E-state index in [1.807, 2.05) is 52.4 Å². The van der Waals surface area contributed by atoms with Crippen LogP contribution in [0.4, 0.5) is 0 Å². The molecule has 0 spiro atoms. The number of ether oxygens (including phenoxy) is 1. The molecule has 1 aliphatic heterocycles. The third-order valence-corrected chi connectivity index (χ3v) is 5.77. The lowest BCUT2D eigenvalue weighted by molar-refractivity contribution is -0.129. The number of amides is 2. The van der Waals surface area contributed by atoms with Gasteiger partial charge in [0.25, 0.3) is 5.91 Å². The van der Waals surface area contributed by atoms with Gasteiger partial charge in [0.2, 0.25) is 5.91 Å². The average molecular weight is 388 g/mol. The van der Waals surface area contributed by atoms with Gasteiger partial charge >= 0.3 is 0 Å². The topological polar surface area (TPSA) is 63.9 Å². The van der Waals surface area contributed by atoms with Gasteiger partial charge in [-0.1, -0.05) is 25.5 Å². The molecule has 2 aromatic rings. The zero-order valence-electron chi connectivity index (χ0n) is 15.9. The van der Waals surface area contributed by atoms with E-state index < -0.39 is 5.92 Å². The summed E-state index contributed by atoms with van der Waals surface area (Å²) < 4.78 is 7.05. The Morgan fingerprint density at radius 2 is 2.07 bits per heavy atom. The molecular weight excluding hydrogens is 362 g/mol. The normalized spacial score (nSPS) is 20.3. The summed E-state index contributed by atoms with van der Waals surface area (Å²) in [7, 11) is 3.48. The summed E-state index contributed by atoms with van der Waals surface area (Å²) in [6.45, 7) is 2.75. The molecule has 1 aromatic heterocycles. The molecule has 0 aliphatic carbocycles. The number of hydrogen-bond donors (Lipinski definition) is 0. The molecule has 2 amide bonds. The number of benzene rings is 1. The van der Waals surface area contributed by atoms with E-state index >= 15 is 0 Å². The Kier molecular flexibility index (Phi) is 6.11. The molecule has 7 heteroatoms. The van der Waals surface area contributed by atoms with Crippen molar-refractivity contribution < 1.29 is 14.3 Å². The fourth-order valence-electron chi connectivity index (χ4n) is 3.43. The van der Waals surface area contributed by atoms with Crippen LogP contribution in [0.1, 0.15) is 37.8 Å². The van der Waals surface area contributed by atoms with Gasteiger partial charge in [0.05, 0.1) is 19.1 Å². The van der Waals surface area contributed by atoms with E-state index in [0.717, 1.165) is 24.2 Å². The third kappa shape index (κ3) is 4.13. The highest BCUT2D eigenvalue weighted by Crippen LogP contribution is 2.39. The molecule has 0 bridgehead atoms. The van der Waals surface area contributed by atoms with Gasteiger partial charge in [-0.05, 0) is 24.1 Å². The molecule has 1 saturated heterocycles. The molecular formula is C20H25N3O3S. The number of aryl methyl sites for hydroxylation is 1. The van der Waals surface area contributed by atoms with Crippen LogP contribution in [-0.4, -0.2) is 34.9 Å². The Morgan fingerprint density at radius 1 is 1.33 bits per heavy atom. The van der Waals surface area contributed by atoms with Crippen LogP contribution in [0.25, 0.3) is 0 Å². The van der Waals surface area contributed by atoms with E-state index in [0.29, 0.717) is 11.3 Å².